The molecule has 192 valence electrons. The number of rotatable bonds is 4. The van der Waals surface area contributed by atoms with E-state index < -0.39 is 17.8 Å². The van der Waals surface area contributed by atoms with Crippen LogP contribution in [-0.4, -0.2) is 69.1 Å². The smallest absolute Gasteiger partial charge is 0.428 e. The lowest BCUT2D eigenvalue weighted by atomic mass is 9.87. The maximum atomic E-state index is 13.0. The largest absolute Gasteiger partial charge is 0.517 e. The van der Waals surface area contributed by atoms with Crippen LogP contribution in [0, 0.1) is 12.8 Å². The Morgan fingerprint density at radius 3 is 2.69 bits per heavy atom. The number of carbonyl (C=O) groups is 2. The van der Waals surface area contributed by atoms with Crippen molar-refractivity contribution < 1.29 is 19.1 Å². The Morgan fingerprint density at radius 1 is 1.26 bits per heavy atom. The molecule has 10 nitrogen and oxygen atoms in total. The summed E-state index contributed by atoms with van der Waals surface area (Å²) < 4.78 is 12.2. The number of ether oxygens (including phenoxy) is 2. The predicted molar refractivity (Wildman–Crippen MR) is 133 cm³/mol. The molecule has 1 amide bonds. The molecular formula is C25H38N6O4. The fourth-order valence-electron chi connectivity index (χ4n) is 5.04. The number of piperidine rings is 1. The van der Waals surface area contributed by atoms with Crippen LogP contribution in [0.2, 0.25) is 0 Å². The standard InChI is InChI=1S/C25H38N6O4/c1-15(2)21-14-27-22-19(11-16(3)29-31(21)22)28-18-8-10-30(20(12-18)17-7-9-26-13-17)23(32)34-24(33)35-25(4,5)6/h11,14-15,17-18,20,26,28H,7-10,12-13H2,1-6H3. The number of anilines is 1. The van der Waals surface area contributed by atoms with Gasteiger partial charge in [0.25, 0.3) is 0 Å². The minimum Gasteiger partial charge on any atom is -0.428 e. The predicted octanol–water partition coefficient (Wildman–Crippen LogP) is 4.09. The van der Waals surface area contributed by atoms with Crippen molar-refractivity contribution in [1.29, 1.82) is 0 Å². The number of aromatic nitrogens is 3. The van der Waals surface area contributed by atoms with E-state index in [1.54, 1.807) is 25.7 Å². The van der Waals surface area contributed by atoms with Crippen LogP contribution in [0.25, 0.3) is 5.65 Å². The molecule has 35 heavy (non-hydrogen) atoms. The minimum atomic E-state index is -0.957. The van der Waals surface area contributed by atoms with Gasteiger partial charge in [-0.1, -0.05) is 13.8 Å². The van der Waals surface area contributed by atoms with Crippen LogP contribution in [-0.2, 0) is 9.47 Å². The summed E-state index contributed by atoms with van der Waals surface area (Å²) in [6.45, 7) is 13.7. The van der Waals surface area contributed by atoms with Crippen molar-refractivity contribution in [3.8, 4) is 0 Å². The number of likely N-dealkylation sites (tertiary alicyclic amines) is 1. The van der Waals surface area contributed by atoms with E-state index in [0.29, 0.717) is 18.4 Å². The zero-order valence-electron chi connectivity index (χ0n) is 21.6. The Labute approximate surface area is 206 Å². The lowest BCUT2D eigenvalue weighted by Gasteiger charge is -2.41. The van der Waals surface area contributed by atoms with Gasteiger partial charge in [0.05, 0.1) is 23.3 Å². The first-order chi connectivity index (χ1) is 16.5. The van der Waals surface area contributed by atoms with E-state index >= 15 is 0 Å². The molecule has 4 heterocycles. The molecule has 0 saturated carbocycles. The third kappa shape index (κ3) is 5.86. The quantitative estimate of drug-likeness (QED) is 0.491. The minimum absolute atomic E-state index is 0.0453. The molecule has 2 aliphatic rings. The number of fused-ring (bicyclic) bond motifs is 1. The molecule has 0 aliphatic carbocycles. The molecule has 2 aliphatic heterocycles. The van der Waals surface area contributed by atoms with Crippen molar-refractivity contribution in [1.82, 2.24) is 24.8 Å². The summed E-state index contributed by atoms with van der Waals surface area (Å²) in [5, 5.41) is 11.8. The van der Waals surface area contributed by atoms with E-state index in [1.165, 1.54) is 0 Å². The fourth-order valence-corrected chi connectivity index (χ4v) is 5.04. The van der Waals surface area contributed by atoms with Crippen LogP contribution in [0.3, 0.4) is 0 Å². The number of imidazole rings is 1. The van der Waals surface area contributed by atoms with E-state index in [0.717, 1.165) is 55.1 Å². The summed E-state index contributed by atoms with van der Waals surface area (Å²) in [6, 6.07) is 2.13. The normalized spacial score (nSPS) is 23.1. The summed E-state index contributed by atoms with van der Waals surface area (Å²) in [4.78, 5) is 31.4. The van der Waals surface area contributed by atoms with Gasteiger partial charge in [-0.05, 0) is 77.9 Å². The second kappa shape index (κ2) is 10.0. The zero-order valence-corrected chi connectivity index (χ0v) is 21.6. The van der Waals surface area contributed by atoms with Gasteiger partial charge in [0.2, 0.25) is 0 Å². The lowest BCUT2D eigenvalue weighted by Crippen LogP contribution is -2.53. The molecule has 2 N–H and O–H groups in total. The Morgan fingerprint density at radius 2 is 2.03 bits per heavy atom. The molecule has 0 radical (unpaired) electrons. The number of carbonyl (C=O) groups excluding carboxylic acids is 2. The van der Waals surface area contributed by atoms with Crippen molar-refractivity contribution in [3.63, 3.8) is 0 Å². The van der Waals surface area contributed by atoms with Gasteiger partial charge in [-0.3, -0.25) is 0 Å². The first kappa shape index (κ1) is 25.2. The maximum absolute atomic E-state index is 13.0. The molecule has 4 rings (SSSR count). The highest BCUT2D eigenvalue weighted by Gasteiger charge is 2.39. The third-order valence-electron chi connectivity index (χ3n) is 6.65. The molecule has 2 saturated heterocycles. The van der Waals surface area contributed by atoms with Crippen molar-refractivity contribution in [2.45, 2.75) is 84.4 Å². The summed E-state index contributed by atoms with van der Waals surface area (Å²) in [6.07, 6.45) is 2.75. The van der Waals surface area contributed by atoms with E-state index in [1.807, 2.05) is 23.7 Å². The van der Waals surface area contributed by atoms with Gasteiger partial charge in [0, 0.05) is 18.6 Å². The van der Waals surface area contributed by atoms with Gasteiger partial charge in [0.15, 0.2) is 5.65 Å². The Kier molecular flexibility index (Phi) is 7.21. The molecule has 0 spiro atoms. The highest BCUT2D eigenvalue weighted by atomic mass is 16.8. The molecule has 0 bridgehead atoms. The molecule has 2 aromatic rings. The average molecular weight is 487 g/mol. The molecule has 3 unspecified atom stereocenters. The Bertz CT molecular complexity index is 1070. The van der Waals surface area contributed by atoms with Gasteiger partial charge in [-0.2, -0.15) is 5.10 Å². The number of amides is 1. The van der Waals surface area contributed by atoms with Crippen molar-refractivity contribution in [3.05, 3.63) is 23.7 Å². The highest BCUT2D eigenvalue weighted by molar-refractivity contribution is 5.81. The zero-order chi connectivity index (χ0) is 25.3. The van der Waals surface area contributed by atoms with Crippen molar-refractivity contribution in [2.24, 2.45) is 5.92 Å². The molecule has 2 fully saturated rings. The molecular weight excluding hydrogens is 448 g/mol. The summed E-state index contributed by atoms with van der Waals surface area (Å²) in [5.74, 6) is 0.606. The number of nitrogens with zero attached hydrogens (tertiary/aromatic N) is 4. The van der Waals surface area contributed by atoms with Crippen LogP contribution in [0.5, 0.6) is 0 Å². The van der Waals surface area contributed by atoms with Crippen LogP contribution >= 0.6 is 0 Å². The molecule has 3 atom stereocenters. The third-order valence-corrected chi connectivity index (χ3v) is 6.65. The van der Waals surface area contributed by atoms with E-state index in [4.69, 9.17) is 9.47 Å². The number of hydrogen-bond donors (Lipinski definition) is 2. The highest BCUT2D eigenvalue weighted by Crippen LogP contribution is 2.31. The second-order valence-corrected chi connectivity index (χ2v) is 11.0. The van der Waals surface area contributed by atoms with Gasteiger partial charge in [-0.15, -0.1) is 0 Å². The maximum Gasteiger partial charge on any atom is 0.517 e. The SMILES string of the molecule is Cc1cc(NC2CCN(C(=O)OC(=O)OC(C)(C)C)C(C3CCNC3)C2)c2ncc(C(C)C)n2n1. The van der Waals surface area contributed by atoms with Gasteiger partial charge < -0.3 is 25.0 Å². The van der Waals surface area contributed by atoms with Crippen LogP contribution in [0.15, 0.2) is 12.3 Å². The molecule has 0 aromatic carbocycles. The van der Waals surface area contributed by atoms with Gasteiger partial charge in [-0.25, -0.2) is 19.1 Å². The first-order valence-corrected chi connectivity index (χ1v) is 12.6. The average Bonchev–Trinajstić information content (AvgIpc) is 3.42. The first-order valence-electron chi connectivity index (χ1n) is 12.6. The topological polar surface area (TPSA) is 110 Å². The van der Waals surface area contributed by atoms with Crippen LogP contribution in [0.1, 0.15) is 71.2 Å². The molecule has 2 aromatic heterocycles. The monoisotopic (exact) mass is 486 g/mol. The second-order valence-electron chi connectivity index (χ2n) is 11.0. The van der Waals surface area contributed by atoms with Gasteiger partial charge in [0.1, 0.15) is 5.60 Å². The summed E-state index contributed by atoms with van der Waals surface area (Å²) in [7, 11) is 0. The number of nitrogens with one attached hydrogen (secondary N) is 2. The van der Waals surface area contributed by atoms with E-state index in [9.17, 15) is 9.59 Å². The van der Waals surface area contributed by atoms with Crippen LogP contribution in [0.4, 0.5) is 15.3 Å². The summed E-state index contributed by atoms with van der Waals surface area (Å²) >= 11 is 0. The Hall–Kier alpha value is -2.88. The summed E-state index contributed by atoms with van der Waals surface area (Å²) in [5.41, 5.74) is 3.02. The Balaban J connectivity index is 1.51. The molecule has 10 heteroatoms. The fraction of sp³-hybridized carbons (Fsp3) is 0.680. The van der Waals surface area contributed by atoms with Crippen molar-refractivity contribution >= 4 is 23.6 Å². The number of aryl methyl sites for hydroxylation is 1. The van der Waals surface area contributed by atoms with Crippen LogP contribution < -0.4 is 10.6 Å². The lowest BCUT2D eigenvalue weighted by molar-refractivity contribution is -0.00418. The van der Waals surface area contributed by atoms with E-state index in [2.05, 4.69) is 34.6 Å². The van der Waals surface area contributed by atoms with Crippen molar-refractivity contribution in [2.75, 3.05) is 25.0 Å². The number of hydrogen-bond acceptors (Lipinski definition) is 8. The van der Waals surface area contributed by atoms with Gasteiger partial charge >= 0.3 is 12.2 Å². The van der Waals surface area contributed by atoms with E-state index in [-0.39, 0.29) is 12.1 Å².